The number of hydrogen-bond donors (Lipinski definition) is 2. The average molecular weight is 449 g/mol. The Morgan fingerprint density at radius 1 is 1.26 bits per heavy atom. The Labute approximate surface area is 167 Å². The Morgan fingerprint density at radius 2 is 1.96 bits per heavy atom. The van der Waals surface area contributed by atoms with Gasteiger partial charge < -0.3 is 10.4 Å². The number of aromatic nitrogens is 2. The number of amides is 1. The summed E-state index contributed by atoms with van der Waals surface area (Å²) in [4.78, 5) is 29.5. The van der Waals surface area contributed by atoms with E-state index in [1.54, 1.807) is 24.3 Å². The Kier molecular flexibility index (Phi) is 4.65. The van der Waals surface area contributed by atoms with Crippen molar-refractivity contribution in [3.8, 4) is 5.69 Å². The number of para-hydroxylation sites is 1. The van der Waals surface area contributed by atoms with Crippen LogP contribution in [0, 0.1) is 5.92 Å². The first kappa shape index (κ1) is 18.0. The SMILES string of the molecule is O=C(O)NC(c1nc2ccc(Cl)c(Br)c2c(=O)n1-c1ccccc1)C1CC1. The summed E-state index contributed by atoms with van der Waals surface area (Å²) in [6.45, 7) is 0. The van der Waals surface area contributed by atoms with E-state index in [0.29, 0.717) is 31.9 Å². The fourth-order valence-electron chi connectivity index (χ4n) is 3.22. The normalized spacial score (nSPS) is 14.9. The van der Waals surface area contributed by atoms with Crippen molar-refractivity contribution in [2.45, 2.75) is 18.9 Å². The molecule has 0 radical (unpaired) electrons. The maximum atomic E-state index is 13.4. The molecule has 1 unspecified atom stereocenters. The van der Waals surface area contributed by atoms with Crippen LogP contribution in [0.1, 0.15) is 24.7 Å². The monoisotopic (exact) mass is 447 g/mol. The fraction of sp³-hybridized carbons (Fsp3) is 0.211. The van der Waals surface area contributed by atoms with Crippen molar-refractivity contribution in [3.63, 3.8) is 0 Å². The summed E-state index contributed by atoms with van der Waals surface area (Å²) in [6.07, 6.45) is 0.633. The van der Waals surface area contributed by atoms with Gasteiger partial charge in [-0.25, -0.2) is 9.78 Å². The number of benzene rings is 2. The van der Waals surface area contributed by atoms with E-state index in [1.807, 2.05) is 18.2 Å². The van der Waals surface area contributed by atoms with Crippen LogP contribution in [0.2, 0.25) is 5.02 Å². The maximum absolute atomic E-state index is 13.4. The summed E-state index contributed by atoms with van der Waals surface area (Å²) < 4.78 is 1.95. The number of fused-ring (bicyclic) bond motifs is 1. The molecular formula is C19H15BrClN3O3. The second-order valence-corrected chi connectivity index (χ2v) is 7.67. The highest BCUT2D eigenvalue weighted by atomic mass is 79.9. The summed E-state index contributed by atoms with van der Waals surface area (Å²) >= 11 is 9.56. The number of carboxylic acid groups (broad SMARTS) is 1. The summed E-state index contributed by atoms with van der Waals surface area (Å²) in [5.41, 5.74) is 0.793. The number of halogens is 2. The van der Waals surface area contributed by atoms with Crippen molar-refractivity contribution >= 4 is 44.5 Å². The van der Waals surface area contributed by atoms with Gasteiger partial charge in [0.2, 0.25) is 0 Å². The zero-order valence-corrected chi connectivity index (χ0v) is 16.4. The first-order valence-electron chi connectivity index (χ1n) is 8.43. The van der Waals surface area contributed by atoms with Crippen molar-refractivity contribution in [1.82, 2.24) is 14.9 Å². The summed E-state index contributed by atoms with van der Waals surface area (Å²) in [6, 6.07) is 11.8. The molecule has 1 aliphatic rings. The highest BCUT2D eigenvalue weighted by Gasteiger charge is 2.37. The molecule has 2 N–H and O–H groups in total. The molecule has 2 aromatic carbocycles. The van der Waals surface area contributed by atoms with Crippen molar-refractivity contribution in [1.29, 1.82) is 0 Å². The molecule has 1 atom stereocenters. The standard InChI is InChI=1S/C19H15BrClN3O3/c20-15-12(21)8-9-13-14(15)18(25)24(11-4-2-1-3-5-11)17(22-13)16(10-6-7-10)23-19(26)27/h1-5,8-10,16,23H,6-7H2,(H,26,27). The molecule has 0 saturated heterocycles. The van der Waals surface area contributed by atoms with E-state index in [-0.39, 0.29) is 11.5 Å². The fourth-order valence-corrected chi connectivity index (χ4v) is 3.88. The summed E-state index contributed by atoms with van der Waals surface area (Å²) in [7, 11) is 0. The van der Waals surface area contributed by atoms with Crippen molar-refractivity contribution in [2.75, 3.05) is 0 Å². The lowest BCUT2D eigenvalue weighted by atomic mass is 10.1. The van der Waals surface area contributed by atoms with Gasteiger partial charge in [0, 0.05) is 0 Å². The van der Waals surface area contributed by atoms with Crippen LogP contribution in [-0.4, -0.2) is 20.8 Å². The van der Waals surface area contributed by atoms with E-state index < -0.39 is 12.1 Å². The second-order valence-electron chi connectivity index (χ2n) is 6.47. The van der Waals surface area contributed by atoms with Crippen molar-refractivity contribution in [2.24, 2.45) is 5.92 Å². The number of nitrogens with zero attached hydrogens (tertiary/aromatic N) is 2. The molecule has 138 valence electrons. The number of carbonyl (C=O) groups is 1. The number of rotatable bonds is 4. The van der Waals surface area contributed by atoms with Crippen LogP contribution in [0.25, 0.3) is 16.6 Å². The predicted octanol–water partition coefficient (Wildman–Crippen LogP) is 4.52. The predicted molar refractivity (Wildman–Crippen MR) is 107 cm³/mol. The highest BCUT2D eigenvalue weighted by molar-refractivity contribution is 9.10. The lowest BCUT2D eigenvalue weighted by molar-refractivity contribution is 0.187. The van der Waals surface area contributed by atoms with Crippen molar-refractivity contribution in [3.05, 3.63) is 68.1 Å². The lowest BCUT2D eigenvalue weighted by Crippen LogP contribution is -2.35. The molecule has 1 heterocycles. The molecule has 6 nitrogen and oxygen atoms in total. The zero-order valence-electron chi connectivity index (χ0n) is 14.0. The van der Waals surface area contributed by atoms with Gasteiger partial charge in [0.15, 0.2) is 0 Å². The van der Waals surface area contributed by atoms with Gasteiger partial charge in [-0.05, 0) is 59.0 Å². The summed E-state index contributed by atoms with van der Waals surface area (Å²) in [5.74, 6) is 0.508. The van der Waals surface area contributed by atoms with Gasteiger partial charge in [-0.3, -0.25) is 9.36 Å². The van der Waals surface area contributed by atoms with Gasteiger partial charge >= 0.3 is 6.09 Å². The van der Waals surface area contributed by atoms with Crippen LogP contribution >= 0.6 is 27.5 Å². The second kappa shape index (κ2) is 6.98. The molecule has 1 fully saturated rings. The molecule has 4 rings (SSSR count). The highest BCUT2D eigenvalue weighted by Crippen LogP contribution is 2.41. The molecule has 1 aliphatic carbocycles. The molecule has 3 aromatic rings. The minimum atomic E-state index is -1.14. The molecule has 27 heavy (non-hydrogen) atoms. The van der Waals surface area contributed by atoms with Gasteiger partial charge in [-0.2, -0.15) is 0 Å². The molecular weight excluding hydrogens is 434 g/mol. The van der Waals surface area contributed by atoms with E-state index >= 15 is 0 Å². The van der Waals surface area contributed by atoms with Crippen LogP contribution in [-0.2, 0) is 0 Å². The largest absolute Gasteiger partial charge is 0.465 e. The van der Waals surface area contributed by atoms with E-state index in [4.69, 9.17) is 11.6 Å². The van der Waals surface area contributed by atoms with Gasteiger partial charge in [-0.15, -0.1) is 0 Å². The molecule has 8 heteroatoms. The van der Waals surface area contributed by atoms with E-state index in [0.717, 1.165) is 12.8 Å². The summed E-state index contributed by atoms with van der Waals surface area (Å²) in [5, 5.41) is 12.6. The molecule has 1 aromatic heterocycles. The van der Waals surface area contributed by atoms with E-state index in [1.165, 1.54) is 4.57 Å². The minimum Gasteiger partial charge on any atom is -0.465 e. The molecule has 1 amide bonds. The quantitative estimate of drug-likeness (QED) is 0.614. The lowest BCUT2D eigenvalue weighted by Gasteiger charge is -2.21. The van der Waals surface area contributed by atoms with E-state index in [9.17, 15) is 14.7 Å². The van der Waals surface area contributed by atoms with Crippen molar-refractivity contribution < 1.29 is 9.90 Å². The number of hydrogen-bond acceptors (Lipinski definition) is 3. The maximum Gasteiger partial charge on any atom is 0.405 e. The van der Waals surface area contributed by atoms with Crippen LogP contribution < -0.4 is 10.9 Å². The van der Waals surface area contributed by atoms with E-state index in [2.05, 4.69) is 26.2 Å². The van der Waals surface area contributed by atoms with Gasteiger partial charge in [0.25, 0.3) is 5.56 Å². The number of nitrogens with one attached hydrogen (secondary N) is 1. The Morgan fingerprint density at radius 3 is 2.59 bits per heavy atom. The smallest absolute Gasteiger partial charge is 0.405 e. The topological polar surface area (TPSA) is 84.2 Å². The Balaban J connectivity index is 2.06. The first-order valence-corrected chi connectivity index (χ1v) is 9.60. The average Bonchev–Trinajstić information content (AvgIpc) is 3.48. The zero-order chi connectivity index (χ0) is 19.1. The third-order valence-electron chi connectivity index (χ3n) is 4.62. The van der Waals surface area contributed by atoms with Crippen LogP contribution in [0.3, 0.4) is 0 Å². The van der Waals surface area contributed by atoms with Gasteiger partial charge in [-0.1, -0.05) is 29.8 Å². The van der Waals surface area contributed by atoms with Gasteiger partial charge in [0.1, 0.15) is 5.82 Å². The van der Waals surface area contributed by atoms with Gasteiger partial charge in [0.05, 0.1) is 32.1 Å². The Bertz CT molecular complexity index is 1100. The van der Waals surface area contributed by atoms with Crippen LogP contribution in [0.4, 0.5) is 4.79 Å². The minimum absolute atomic E-state index is 0.121. The van der Waals surface area contributed by atoms with Crippen LogP contribution in [0.5, 0.6) is 0 Å². The third-order valence-corrected chi connectivity index (χ3v) is 5.99. The van der Waals surface area contributed by atoms with Crippen LogP contribution in [0.15, 0.2) is 51.7 Å². The molecule has 1 saturated carbocycles. The third kappa shape index (κ3) is 3.33. The molecule has 0 bridgehead atoms. The molecule has 0 spiro atoms. The first-order chi connectivity index (χ1) is 13.0. The molecule has 0 aliphatic heterocycles. The Hall–Kier alpha value is -2.38.